The number of nitrogens with two attached hydrogens (primary N) is 1. The molecule has 0 aromatic carbocycles. The maximum absolute atomic E-state index is 12.0. The number of hydrogen-bond donors (Lipinski definition) is 1. The van der Waals surface area contributed by atoms with Crippen LogP contribution < -0.4 is 5.73 Å². The molecule has 0 amide bonds. The zero-order valence-electron chi connectivity index (χ0n) is 10.7. The van der Waals surface area contributed by atoms with Crippen molar-refractivity contribution in [2.75, 3.05) is 25.9 Å². The summed E-state index contributed by atoms with van der Waals surface area (Å²) in [7, 11) is 2.15. The smallest absolute Gasteiger partial charge is 0.341 e. The summed E-state index contributed by atoms with van der Waals surface area (Å²) in [4.78, 5) is 15.7. The molecule has 0 radical (unpaired) electrons. The number of carbonyl (C=O) groups is 1. The van der Waals surface area contributed by atoms with Crippen LogP contribution in [0.2, 0.25) is 0 Å². The summed E-state index contributed by atoms with van der Waals surface area (Å²) >= 11 is 1.57. The standard InChI is InChI=1S/C13H18N2O2S/c1-3-17-13(16)10-9-7-4-5-8(15(2)6-7)11(9)18-12(10)14/h7-8H,3-6,14H2,1-2H3. The van der Waals surface area contributed by atoms with Crippen molar-refractivity contribution in [1.82, 2.24) is 4.90 Å². The van der Waals surface area contributed by atoms with E-state index in [2.05, 4.69) is 11.9 Å². The van der Waals surface area contributed by atoms with Gasteiger partial charge in [-0.05, 0) is 38.3 Å². The molecule has 4 nitrogen and oxygen atoms in total. The second kappa shape index (κ2) is 4.24. The van der Waals surface area contributed by atoms with Crippen molar-refractivity contribution >= 4 is 22.3 Å². The highest BCUT2D eigenvalue weighted by Crippen LogP contribution is 2.52. The van der Waals surface area contributed by atoms with Crippen molar-refractivity contribution in [3.05, 3.63) is 16.0 Å². The SMILES string of the molecule is CCOC(=O)c1c(N)sc2c1C1CCC2N(C)C1. The van der Waals surface area contributed by atoms with E-state index in [1.165, 1.54) is 16.9 Å². The van der Waals surface area contributed by atoms with Gasteiger partial charge < -0.3 is 10.5 Å². The molecule has 3 heterocycles. The van der Waals surface area contributed by atoms with Gasteiger partial charge >= 0.3 is 5.97 Å². The average Bonchev–Trinajstić information content (AvgIpc) is 2.68. The first kappa shape index (κ1) is 12.0. The van der Waals surface area contributed by atoms with Gasteiger partial charge in [0.15, 0.2) is 0 Å². The summed E-state index contributed by atoms with van der Waals surface area (Å²) in [6.07, 6.45) is 2.33. The molecule has 1 aromatic heterocycles. The lowest BCUT2D eigenvalue weighted by molar-refractivity contribution is 0.0522. The zero-order chi connectivity index (χ0) is 12.9. The number of fused-ring (bicyclic) bond motifs is 2. The first-order valence-corrected chi connectivity index (χ1v) is 7.24. The van der Waals surface area contributed by atoms with Gasteiger partial charge in [-0.2, -0.15) is 0 Å². The maximum atomic E-state index is 12.0. The largest absolute Gasteiger partial charge is 0.462 e. The first-order chi connectivity index (χ1) is 8.63. The quantitative estimate of drug-likeness (QED) is 0.835. The highest BCUT2D eigenvalue weighted by Gasteiger charge is 2.41. The number of likely N-dealkylation sites (N-methyl/N-ethyl adjacent to an activating group) is 1. The second-order valence-electron chi connectivity index (χ2n) is 5.07. The minimum atomic E-state index is -0.247. The Bertz CT molecular complexity index is 497. The molecular weight excluding hydrogens is 248 g/mol. The van der Waals surface area contributed by atoms with Crippen molar-refractivity contribution in [1.29, 1.82) is 0 Å². The zero-order valence-corrected chi connectivity index (χ0v) is 11.5. The third-order valence-corrected chi connectivity index (χ3v) is 5.16. The Hall–Kier alpha value is -1.07. The number of rotatable bonds is 2. The lowest BCUT2D eigenvalue weighted by Crippen LogP contribution is -2.39. The number of anilines is 1. The number of piperidine rings is 1. The summed E-state index contributed by atoms with van der Waals surface area (Å²) in [6.45, 7) is 3.25. The third kappa shape index (κ3) is 1.57. The van der Waals surface area contributed by atoms with E-state index in [0.717, 1.165) is 13.0 Å². The summed E-state index contributed by atoms with van der Waals surface area (Å²) < 4.78 is 5.14. The predicted molar refractivity (Wildman–Crippen MR) is 72.0 cm³/mol. The molecule has 5 heteroatoms. The Balaban J connectivity index is 2.09. The van der Waals surface area contributed by atoms with E-state index >= 15 is 0 Å². The second-order valence-corrected chi connectivity index (χ2v) is 6.15. The summed E-state index contributed by atoms with van der Waals surface area (Å²) in [6, 6.07) is 0.445. The van der Waals surface area contributed by atoms with Crippen LogP contribution >= 0.6 is 11.3 Å². The van der Waals surface area contributed by atoms with Gasteiger partial charge in [0.05, 0.1) is 12.2 Å². The normalized spacial score (nSPS) is 26.1. The number of carbonyl (C=O) groups excluding carboxylic acids is 1. The summed E-state index contributed by atoms with van der Waals surface area (Å²) in [5.74, 6) is 0.200. The van der Waals surface area contributed by atoms with Gasteiger partial charge in [0.25, 0.3) is 0 Å². The molecule has 2 aliphatic heterocycles. The molecule has 1 fully saturated rings. The van der Waals surface area contributed by atoms with Crippen LogP contribution in [0.25, 0.3) is 0 Å². The molecule has 0 saturated carbocycles. The Kier molecular flexibility index (Phi) is 2.83. The number of esters is 1. The molecule has 18 heavy (non-hydrogen) atoms. The maximum Gasteiger partial charge on any atom is 0.341 e. The van der Waals surface area contributed by atoms with E-state index in [1.807, 2.05) is 6.92 Å². The van der Waals surface area contributed by atoms with E-state index in [9.17, 15) is 4.79 Å². The van der Waals surface area contributed by atoms with E-state index in [-0.39, 0.29) is 5.97 Å². The molecule has 1 saturated heterocycles. The number of hydrogen-bond acceptors (Lipinski definition) is 5. The molecule has 98 valence electrons. The van der Waals surface area contributed by atoms with Crippen molar-refractivity contribution in [3.63, 3.8) is 0 Å². The Morgan fingerprint density at radius 1 is 1.56 bits per heavy atom. The van der Waals surface area contributed by atoms with Crippen LogP contribution in [0.15, 0.2) is 0 Å². The van der Waals surface area contributed by atoms with Gasteiger partial charge in [0.1, 0.15) is 5.00 Å². The number of thiophene rings is 1. The number of nitrogen functional groups attached to an aromatic ring is 1. The highest BCUT2D eigenvalue weighted by atomic mass is 32.1. The van der Waals surface area contributed by atoms with Crippen molar-refractivity contribution in [3.8, 4) is 0 Å². The average molecular weight is 266 g/mol. The van der Waals surface area contributed by atoms with E-state index in [0.29, 0.717) is 29.1 Å². The molecule has 1 aromatic rings. The summed E-state index contributed by atoms with van der Waals surface area (Å²) in [5.41, 5.74) is 7.89. The molecule has 1 aliphatic carbocycles. The fourth-order valence-corrected chi connectivity index (χ4v) is 4.60. The minimum Gasteiger partial charge on any atom is -0.462 e. The van der Waals surface area contributed by atoms with Crippen LogP contribution in [0.4, 0.5) is 5.00 Å². The van der Waals surface area contributed by atoms with E-state index in [4.69, 9.17) is 10.5 Å². The lowest BCUT2D eigenvalue weighted by atomic mass is 9.78. The van der Waals surface area contributed by atoms with Gasteiger partial charge in [-0.1, -0.05) is 0 Å². The molecule has 2 atom stereocenters. The fraction of sp³-hybridized carbons (Fsp3) is 0.615. The molecule has 2 bridgehead atoms. The minimum absolute atomic E-state index is 0.247. The monoisotopic (exact) mass is 266 g/mol. The van der Waals surface area contributed by atoms with Crippen LogP contribution in [0, 0.1) is 0 Å². The molecule has 2 N–H and O–H groups in total. The van der Waals surface area contributed by atoms with E-state index < -0.39 is 0 Å². The van der Waals surface area contributed by atoms with Gasteiger partial charge in [0.2, 0.25) is 0 Å². The third-order valence-electron chi connectivity index (χ3n) is 4.02. The van der Waals surface area contributed by atoms with Crippen LogP contribution in [0.3, 0.4) is 0 Å². The summed E-state index contributed by atoms with van der Waals surface area (Å²) in [5, 5.41) is 0.630. The molecule has 0 spiro atoms. The van der Waals surface area contributed by atoms with Crippen molar-refractivity contribution in [2.24, 2.45) is 0 Å². The van der Waals surface area contributed by atoms with Crippen LogP contribution in [-0.4, -0.2) is 31.1 Å². The van der Waals surface area contributed by atoms with Crippen LogP contribution in [0.1, 0.15) is 52.5 Å². The topological polar surface area (TPSA) is 55.6 Å². The van der Waals surface area contributed by atoms with Gasteiger partial charge in [-0.3, -0.25) is 4.90 Å². The van der Waals surface area contributed by atoms with Gasteiger partial charge in [-0.25, -0.2) is 4.79 Å². The Morgan fingerprint density at radius 2 is 2.33 bits per heavy atom. The van der Waals surface area contributed by atoms with Crippen LogP contribution in [0.5, 0.6) is 0 Å². The fourth-order valence-electron chi connectivity index (χ4n) is 3.26. The molecule has 3 aliphatic rings. The van der Waals surface area contributed by atoms with Crippen LogP contribution in [-0.2, 0) is 4.74 Å². The molecular formula is C13H18N2O2S. The van der Waals surface area contributed by atoms with Crippen molar-refractivity contribution < 1.29 is 9.53 Å². The van der Waals surface area contributed by atoms with Gasteiger partial charge in [-0.15, -0.1) is 11.3 Å². The number of ether oxygens (including phenoxy) is 1. The van der Waals surface area contributed by atoms with Crippen molar-refractivity contribution in [2.45, 2.75) is 31.7 Å². The Labute approximate surface area is 111 Å². The highest BCUT2D eigenvalue weighted by molar-refractivity contribution is 7.16. The number of nitrogens with zero attached hydrogens (tertiary/aromatic N) is 1. The van der Waals surface area contributed by atoms with E-state index in [1.54, 1.807) is 11.3 Å². The molecule has 4 rings (SSSR count). The Morgan fingerprint density at radius 3 is 3.00 bits per heavy atom. The predicted octanol–water partition coefficient (Wildman–Crippen LogP) is 2.37. The molecule has 2 unspecified atom stereocenters. The lowest BCUT2D eigenvalue weighted by Gasteiger charge is -2.43. The first-order valence-electron chi connectivity index (χ1n) is 6.42. The van der Waals surface area contributed by atoms with Gasteiger partial charge in [0, 0.05) is 17.5 Å².